The molecule has 2 aromatic carbocycles. The van der Waals surface area contributed by atoms with Crippen LogP contribution in [0.2, 0.25) is 5.02 Å². The van der Waals surface area contributed by atoms with Crippen molar-refractivity contribution in [2.75, 3.05) is 32.5 Å². The molecular formula is C22H25ClN3O3S+. The van der Waals surface area contributed by atoms with E-state index in [0.29, 0.717) is 21.8 Å². The zero-order valence-electron chi connectivity index (χ0n) is 17.0. The van der Waals surface area contributed by atoms with Gasteiger partial charge in [-0.3, -0.25) is 10.1 Å². The molecule has 0 aliphatic rings. The number of furan rings is 1. The lowest BCUT2D eigenvalue weighted by Crippen LogP contribution is -2.40. The van der Waals surface area contributed by atoms with Gasteiger partial charge in [0.15, 0.2) is 5.76 Å². The maximum atomic E-state index is 10.8. The van der Waals surface area contributed by atoms with Crippen molar-refractivity contribution in [3.8, 4) is 0 Å². The quantitative estimate of drug-likeness (QED) is 0.177. The molecule has 6 nitrogen and oxygen atoms in total. The Balaban J connectivity index is 1.54. The molecule has 0 amide bonds. The fourth-order valence-electron chi connectivity index (χ4n) is 3.13. The number of benzene rings is 2. The Morgan fingerprint density at radius 3 is 2.60 bits per heavy atom. The Morgan fingerprint density at radius 1 is 1.13 bits per heavy atom. The van der Waals surface area contributed by atoms with Crippen LogP contribution < -0.4 is 5.32 Å². The van der Waals surface area contributed by atoms with E-state index in [2.05, 4.69) is 31.5 Å². The molecule has 0 fully saturated rings. The second kappa shape index (κ2) is 10.0. The molecule has 0 unspecified atom stereocenters. The van der Waals surface area contributed by atoms with E-state index in [4.69, 9.17) is 16.0 Å². The highest BCUT2D eigenvalue weighted by Crippen LogP contribution is 2.35. The van der Waals surface area contributed by atoms with Gasteiger partial charge in [-0.05, 0) is 36.4 Å². The average Bonchev–Trinajstić information content (AvgIpc) is 3.16. The van der Waals surface area contributed by atoms with Crippen molar-refractivity contribution in [1.29, 1.82) is 0 Å². The monoisotopic (exact) mass is 446 g/mol. The van der Waals surface area contributed by atoms with E-state index in [1.165, 1.54) is 11.0 Å². The fourth-order valence-corrected chi connectivity index (χ4v) is 4.22. The molecule has 158 valence electrons. The van der Waals surface area contributed by atoms with Gasteiger partial charge in [0.2, 0.25) is 0 Å². The van der Waals surface area contributed by atoms with Crippen LogP contribution >= 0.6 is 23.4 Å². The van der Waals surface area contributed by atoms with E-state index in [1.54, 1.807) is 17.8 Å². The van der Waals surface area contributed by atoms with Crippen molar-refractivity contribution in [2.45, 2.75) is 22.8 Å². The van der Waals surface area contributed by atoms with Gasteiger partial charge in [-0.15, -0.1) is 0 Å². The van der Waals surface area contributed by atoms with Gasteiger partial charge in [-0.25, -0.2) is 0 Å². The zero-order valence-corrected chi connectivity index (χ0v) is 18.6. The number of halogens is 1. The van der Waals surface area contributed by atoms with Gasteiger partial charge >= 0.3 is 5.88 Å². The van der Waals surface area contributed by atoms with Gasteiger partial charge in [0.25, 0.3) is 0 Å². The second-order valence-corrected chi connectivity index (χ2v) is 9.20. The van der Waals surface area contributed by atoms with E-state index in [0.717, 1.165) is 30.1 Å². The number of nitro groups is 1. The summed E-state index contributed by atoms with van der Waals surface area (Å²) in [7, 11) is 4.18. The van der Waals surface area contributed by atoms with Gasteiger partial charge in [0.1, 0.15) is 11.5 Å². The number of anilines is 1. The highest BCUT2D eigenvalue weighted by atomic mass is 35.5. The molecule has 0 atom stereocenters. The minimum Gasteiger partial charge on any atom is -0.400 e. The molecule has 1 N–H and O–H groups in total. The van der Waals surface area contributed by atoms with Crippen LogP contribution in [-0.4, -0.2) is 36.6 Å². The Morgan fingerprint density at radius 2 is 1.90 bits per heavy atom. The Bertz CT molecular complexity index is 992. The molecular weight excluding hydrogens is 422 g/mol. The van der Waals surface area contributed by atoms with Gasteiger partial charge in [0.05, 0.1) is 26.7 Å². The van der Waals surface area contributed by atoms with Crippen molar-refractivity contribution in [1.82, 2.24) is 0 Å². The summed E-state index contributed by atoms with van der Waals surface area (Å²) in [6, 6.07) is 19.2. The molecule has 0 spiro atoms. The van der Waals surface area contributed by atoms with Gasteiger partial charge < -0.3 is 14.2 Å². The van der Waals surface area contributed by atoms with Gasteiger partial charge in [0, 0.05) is 33.5 Å². The molecule has 1 aromatic heterocycles. The minimum atomic E-state index is -0.510. The maximum Gasteiger partial charge on any atom is 0.433 e. The molecule has 0 bridgehead atoms. The van der Waals surface area contributed by atoms with Crippen molar-refractivity contribution in [2.24, 2.45) is 0 Å². The summed E-state index contributed by atoms with van der Waals surface area (Å²) in [4.78, 5) is 12.6. The largest absolute Gasteiger partial charge is 0.433 e. The SMILES string of the molecule is C[N+](C)(CCCNc1cc(Cl)ccc1Sc1ccccc1)Cc1ccc([N+](=O)[O-])o1. The van der Waals surface area contributed by atoms with Crippen molar-refractivity contribution in [3.05, 3.63) is 81.6 Å². The number of quaternary nitrogens is 1. The molecule has 3 aromatic rings. The van der Waals surface area contributed by atoms with Crippen molar-refractivity contribution >= 4 is 34.9 Å². The molecule has 1 heterocycles. The zero-order chi connectivity index (χ0) is 21.6. The molecule has 0 aliphatic heterocycles. The Hall–Kier alpha value is -2.48. The van der Waals surface area contributed by atoms with Crippen LogP contribution in [0.5, 0.6) is 0 Å². The summed E-state index contributed by atoms with van der Waals surface area (Å²) < 4.78 is 5.97. The summed E-state index contributed by atoms with van der Waals surface area (Å²) in [6.45, 7) is 2.28. The summed E-state index contributed by atoms with van der Waals surface area (Å²) in [6.07, 6.45) is 0.928. The lowest BCUT2D eigenvalue weighted by Gasteiger charge is -2.28. The van der Waals surface area contributed by atoms with Crippen LogP contribution in [-0.2, 0) is 6.54 Å². The maximum absolute atomic E-state index is 10.8. The second-order valence-electron chi connectivity index (χ2n) is 7.65. The van der Waals surface area contributed by atoms with Crippen LogP contribution in [0.15, 0.2) is 74.9 Å². The first-order valence-corrected chi connectivity index (χ1v) is 10.8. The fraction of sp³-hybridized carbons (Fsp3) is 0.273. The number of nitrogens with one attached hydrogen (secondary N) is 1. The molecule has 0 radical (unpaired) electrons. The highest BCUT2D eigenvalue weighted by molar-refractivity contribution is 7.99. The van der Waals surface area contributed by atoms with E-state index in [1.807, 2.05) is 36.4 Å². The number of hydrogen-bond donors (Lipinski definition) is 1. The standard InChI is InChI=1S/C22H25ClN3O3S/c1-26(2,16-18-10-12-22(29-18)25(27)28)14-6-13-24-20-15-17(23)9-11-21(20)30-19-7-4-3-5-8-19/h3-5,7-12,15,24H,6,13-14,16H2,1-2H3/q+1. The smallest absolute Gasteiger partial charge is 0.400 e. The summed E-state index contributed by atoms with van der Waals surface area (Å²) >= 11 is 7.91. The molecule has 0 saturated heterocycles. The number of nitrogens with zero attached hydrogens (tertiary/aromatic N) is 2. The van der Waals surface area contributed by atoms with E-state index in [-0.39, 0.29) is 5.88 Å². The van der Waals surface area contributed by atoms with Crippen LogP contribution in [0.1, 0.15) is 12.2 Å². The normalized spacial score (nSPS) is 11.4. The third-order valence-electron chi connectivity index (χ3n) is 4.58. The molecule has 8 heteroatoms. The number of hydrogen-bond acceptors (Lipinski definition) is 5. The van der Waals surface area contributed by atoms with Crippen LogP contribution in [0, 0.1) is 10.1 Å². The van der Waals surface area contributed by atoms with Crippen molar-refractivity contribution in [3.63, 3.8) is 0 Å². The summed E-state index contributed by atoms with van der Waals surface area (Å²) in [5, 5.41) is 15.0. The molecule has 0 aliphatic carbocycles. The van der Waals surface area contributed by atoms with Crippen LogP contribution in [0.4, 0.5) is 11.6 Å². The predicted octanol–water partition coefficient (Wildman–Crippen LogP) is 6.07. The first-order valence-electron chi connectivity index (χ1n) is 9.64. The Kier molecular flexibility index (Phi) is 7.42. The third kappa shape index (κ3) is 6.52. The minimum absolute atomic E-state index is 0.212. The lowest BCUT2D eigenvalue weighted by molar-refractivity contribution is -0.904. The average molecular weight is 447 g/mol. The first kappa shape index (κ1) is 22.2. The van der Waals surface area contributed by atoms with Crippen LogP contribution in [0.25, 0.3) is 0 Å². The van der Waals surface area contributed by atoms with E-state index >= 15 is 0 Å². The van der Waals surface area contributed by atoms with Gasteiger partial charge in [-0.2, -0.15) is 0 Å². The third-order valence-corrected chi connectivity index (χ3v) is 5.90. The molecule has 3 rings (SSSR count). The highest BCUT2D eigenvalue weighted by Gasteiger charge is 2.20. The van der Waals surface area contributed by atoms with E-state index < -0.39 is 4.92 Å². The predicted molar refractivity (Wildman–Crippen MR) is 121 cm³/mol. The van der Waals surface area contributed by atoms with Crippen LogP contribution in [0.3, 0.4) is 0 Å². The lowest BCUT2D eigenvalue weighted by atomic mass is 10.3. The summed E-state index contributed by atoms with van der Waals surface area (Å²) in [5.74, 6) is 0.409. The molecule has 0 saturated carbocycles. The topological polar surface area (TPSA) is 68.3 Å². The Labute approximate surface area is 185 Å². The van der Waals surface area contributed by atoms with Gasteiger partial charge in [-0.1, -0.05) is 41.6 Å². The van der Waals surface area contributed by atoms with E-state index in [9.17, 15) is 10.1 Å². The first-order chi connectivity index (χ1) is 14.3. The molecule has 30 heavy (non-hydrogen) atoms. The summed E-state index contributed by atoms with van der Waals surface area (Å²) in [5.41, 5.74) is 1.02. The van der Waals surface area contributed by atoms with Crippen molar-refractivity contribution < 1.29 is 13.8 Å². The number of rotatable bonds is 10.